The maximum atomic E-state index is 13.5. The SMILES string of the molecule is CCOC(=O)c1ccc(NC(=O)/C(C#N)=C/c2ccc(OC)cc2OCc2cccc(F)c2)cc1. The lowest BCUT2D eigenvalue weighted by Crippen LogP contribution is -2.14. The van der Waals surface area contributed by atoms with E-state index in [4.69, 9.17) is 14.2 Å². The number of rotatable bonds is 9. The van der Waals surface area contributed by atoms with E-state index in [0.717, 1.165) is 0 Å². The molecule has 3 aromatic rings. The van der Waals surface area contributed by atoms with Gasteiger partial charge in [0.2, 0.25) is 0 Å². The summed E-state index contributed by atoms with van der Waals surface area (Å²) in [6.07, 6.45) is 1.39. The second-order valence-corrected chi connectivity index (χ2v) is 7.24. The van der Waals surface area contributed by atoms with Crippen LogP contribution in [0.15, 0.2) is 72.3 Å². The van der Waals surface area contributed by atoms with Crippen LogP contribution in [0.25, 0.3) is 6.08 Å². The van der Waals surface area contributed by atoms with Crippen LogP contribution in [0.1, 0.15) is 28.4 Å². The molecule has 0 aliphatic heterocycles. The Bertz CT molecular complexity index is 1280. The number of anilines is 1. The zero-order valence-electron chi connectivity index (χ0n) is 19.2. The van der Waals surface area contributed by atoms with Crippen molar-refractivity contribution in [2.75, 3.05) is 19.0 Å². The van der Waals surface area contributed by atoms with E-state index in [-0.39, 0.29) is 24.6 Å². The molecule has 0 heterocycles. The van der Waals surface area contributed by atoms with Crippen molar-refractivity contribution < 1.29 is 28.2 Å². The molecule has 3 rings (SSSR count). The molecule has 0 radical (unpaired) electrons. The van der Waals surface area contributed by atoms with Crippen molar-refractivity contribution in [2.24, 2.45) is 0 Å². The van der Waals surface area contributed by atoms with Gasteiger partial charge in [-0.2, -0.15) is 5.26 Å². The van der Waals surface area contributed by atoms with Gasteiger partial charge in [-0.15, -0.1) is 0 Å². The van der Waals surface area contributed by atoms with Crippen LogP contribution >= 0.6 is 0 Å². The summed E-state index contributed by atoms with van der Waals surface area (Å²) in [6.45, 7) is 2.04. The number of nitrogens with zero attached hydrogens (tertiary/aromatic N) is 1. The fourth-order valence-electron chi connectivity index (χ4n) is 3.08. The van der Waals surface area contributed by atoms with Crippen molar-refractivity contribution in [3.8, 4) is 17.6 Å². The molecule has 0 aliphatic rings. The molecule has 0 bridgehead atoms. The molecule has 0 spiro atoms. The van der Waals surface area contributed by atoms with Crippen molar-refractivity contribution in [1.82, 2.24) is 0 Å². The highest BCUT2D eigenvalue weighted by Crippen LogP contribution is 2.28. The normalized spacial score (nSPS) is 10.7. The van der Waals surface area contributed by atoms with Crippen molar-refractivity contribution in [2.45, 2.75) is 13.5 Å². The number of amides is 1. The standard InChI is InChI=1S/C27H23FN2O5/c1-3-34-27(32)19-7-10-23(11-8-19)30-26(31)21(16-29)14-20-9-12-24(33-2)15-25(20)35-17-18-5-4-6-22(28)13-18/h4-15H,3,17H2,1-2H3,(H,30,31)/b21-14+. The summed E-state index contributed by atoms with van der Waals surface area (Å²) in [5.74, 6) is -0.610. The first-order valence-corrected chi connectivity index (χ1v) is 10.7. The number of hydrogen-bond acceptors (Lipinski definition) is 6. The molecule has 3 aromatic carbocycles. The Labute approximate surface area is 202 Å². The zero-order valence-corrected chi connectivity index (χ0v) is 19.2. The minimum Gasteiger partial charge on any atom is -0.497 e. The third kappa shape index (κ3) is 6.92. The van der Waals surface area contributed by atoms with Gasteiger partial charge in [0.1, 0.15) is 35.6 Å². The second-order valence-electron chi connectivity index (χ2n) is 7.24. The molecule has 35 heavy (non-hydrogen) atoms. The lowest BCUT2D eigenvalue weighted by Gasteiger charge is -2.12. The van der Waals surface area contributed by atoms with Gasteiger partial charge in [-0.3, -0.25) is 4.79 Å². The first-order chi connectivity index (χ1) is 16.9. The molecule has 8 heteroatoms. The lowest BCUT2D eigenvalue weighted by molar-refractivity contribution is -0.112. The average molecular weight is 474 g/mol. The molecule has 0 unspecified atom stereocenters. The Morgan fingerprint density at radius 3 is 2.51 bits per heavy atom. The maximum Gasteiger partial charge on any atom is 0.338 e. The molecule has 178 valence electrons. The highest BCUT2D eigenvalue weighted by molar-refractivity contribution is 6.10. The number of nitriles is 1. The Kier molecular flexibility index (Phi) is 8.57. The molecule has 0 saturated carbocycles. The summed E-state index contributed by atoms with van der Waals surface area (Å²) < 4.78 is 29.5. The van der Waals surface area contributed by atoms with E-state index >= 15 is 0 Å². The van der Waals surface area contributed by atoms with Gasteiger partial charge in [0.25, 0.3) is 5.91 Å². The van der Waals surface area contributed by atoms with Crippen LogP contribution < -0.4 is 14.8 Å². The Morgan fingerprint density at radius 2 is 1.86 bits per heavy atom. The first-order valence-electron chi connectivity index (χ1n) is 10.7. The van der Waals surface area contributed by atoms with E-state index in [0.29, 0.717) is 33.9 Å². The summed E-state index contributed by atoms with van der Waals surface area (Å²) >= 11 is 0. The summed E-state index contributed by atoms with van der Waals surface area (Å²) in [7, 11) is 1.50. The van der Waals surface area contributed by atoms with Crippen molar-refractivity contribution >= 4 is 23.6 Å². The highest BCUT2D eigenvalue weighted by Gasteiger charge is 2.13. The van der Waals surface area contributed by atoms with Gasteiger partial charge in [0.05, 0.1) is 19.3 Å². The number of carbonyl (C=O) groups excluding carboxylic acids is 2. The predicted molar refractivity (Wildman–Crippen MR) is 128 cm³/mol. The third-order valence-corrected chi connectivity index (χ3v) is 4.82. The Hall–Kier alpha value is -4.64. The Balaban J connectivity index is 1.79. The molecular weight excluding hydrogens is 451 g/mol. The maximum absolute atomic E-state index is 13.5. The van der Waals surface area contributed by atoms with Crippen LogP contribution in [-0.2, 0) is 16.1 Å². The molecular formula is C27H23FN2O5. The third-order valence-electron chi connectivity index (χ3n) is 4.82. The molecule has 0 aromatic heterocycles. The van der Waals surface area contributed by atoms with Crippen molar-refractivity contribution in [3.63, 3.8) is 0 Å². The van der Waals surface area contributed by atoms with E-state index < -0.39 is 11.9 Å². The van der Waals surface area contributed by atoms with Gasteiger partial charge < -0.3 is 19.5 Å². The Morgan fingerprint density at radius 1 is 1.09 bits per heavy atom. The van der Waals surface area contributed by atoms with Gasteiger partial charge in [0, 0.05) is 17.3 Å². The van der Waals surface area contributed by atoms with E-state index in [1.54, 1.807) is 49.4 Å². The molecule has 0 aliphatic carbocycles. The zero-order chi connectivity index (χ0) is 25.2. The fraction of sp³-hybridized carbons (Fsp3) is 0.148. The number of esters is 1. The summed E-state index contributed by atoms with van der Waals surface area (Å²) in [6, 6.07) is 19.0. The van der Waals surface area contributed by atoms with E-state index in [1.165, 1.54) is 37.5 Å². The number of carbonyl (C=O) groups is 2. The number of nitrogens with one attached hydrogen (secondary N) is 1. The number of hydrogen-bond donors (Lipinski definition) is 1. The van der Waals surface area contributed by atoms with Gasteiger partial charge in [-0.1, -0.05) is 12.1 Å². The number of ether oxygens (including phenoxy) is 3. The van der Waals surface area contributed by atoms with Gasteiger partial charge in [0.15, 0.2) is 0 Å². The molecule has 0 atom stereocenters. The smallest absolute Gasteiger partial charge is 0.338 e. The van der Waals surface area contributed by atoms with E-state index in [1.807, 2.05) is 6.07 Å². The number of methoxy groups -OCH3 is 1. The fourth-order valence-corrected chi connectivity index (χ4v) is 3.08. The van der Waals surface area contributed by atoms with Crippen molar-refractivity contribution in [1.29, 1.82) is 5.26 Å². The van der Waals surface area contributed by atoms with Crippen LogP contribution in [0.3, 0.4) is 0 Å². The van der Waals surface area contributed by atoms with Gasteiger partial charge in [-0.25, -0.2) is 9.18 Å². The summed E-state index contributed by atoms with van der Waals surface area (Å²) in [5.41, 5.74) is 1.67. The molecule has 1 amide bonds. The lowest BCUT2D eigenvalue weighted by atomic mass is 10.1. The minimum absolute atomic E-state index is 0.0761. The second kappa shape index (κ2) is 12.0. The topological polar surface area (TPSA) is 97.7 Å². The minimum atomic E-state index is -0.636. The monoisotopic (exact) mass is 474 g/mol. The molecule has 7 nitrogen and oxygen atoms in total. The predicted octanol–water partition coefficient (Wildman–Crippen LogP) is 5.14. The summed E-state index contributed by atoms with van der Waals surface area (Å²) in [5, 5.41) is 12.2. The summed E-state index contributed by atoms with van der Waals surface area (Å²) in [4.78, 5) is 24.5. The largest absolute Gasteiger partial charge is 0.497 e. The molecule has 0 fully saturated rings. The van der Waals surface area contributed by atoms with Crippen LogP contribution in [-0.4, -0.2) is 25.6 Å². The quantitative estimate of drug-likeness (QED) is 0.262. The van der Waals surface area contributed by atoms with E-state index in [2.05, 4.69) is 5.32 Å². The highest BCUT2D eigenvalue weighted by atomic mass is 19.1. The number of halogens is 1. The van der Waals surface area contributed by atoms with Crippen LogP contribution in [0.5, 0.6) is 11.5 Å². The van der Waals surface area contributed by atoms with Gasteiger partial charge >= 0.3 is 5.97 Å². The molecule has 0 saturated heterocycles. The van der Waals surface area contributed by atoms with Gasteiger partial charge in [-0.05, 0) is 67.1 Å². The molecule has 1 N–H and O–H groups in total. The first kappa shape index (κ1) is 25.0. The van der Waals surface area contributed by atoms with E-state index in [9.17, 15) is 19.2 Å². The van der Waals surface area contributed by atoms with Crippen LogP contribution in [0.2, 0.25) is 0 Å². The van der Waals surface area contributed by atoms with Crippen molar-refractivity contribution in [3.05, 3.63) is 94.8 Å². The van der Waals surface area contributed by atoms with Crippen LogP contribution in [0.4, 0.5) is 10.1 Å². The average Bonchev–Trinajstić information content (AvgIpc) is 2.87. The number of benzene rings is 3. The van der Waals surface area contributed by atoms with Crippen LogP contribution in [0, 0.1) is 17.1 Å².